The fourth-order valence-corrected chi connectivity index (χ4v) is 2.07. The van der Waals surface area contributed by atoms with Gasteiger partial charge < -0.3 is 10.0 Å². The molecule has 0 fully saturated rings. The molecule has 0 aliphatic rings. The number of hydrogen-bond donors (Lipinski definition) is 1. The molecule has 0 bridgehead atoms. The Kier molecular flexibility index (Phi) is 7.05. The van der Waals surface area contributed by atoms with Crippen LogP contribution in [0.5, 0.6) is 0 Å². The predicted molar refractivity (Wildman–Crippen MR) is 76.6 cm³/mol. The minimum absolute atomic E-state index is 0.0240. The van der Waals surface area contributed by atoms with E-state index in [2.05, 4.69) is 16.7 Å². The highest BCUT2D eigenvalue weighted by molar-refractivity contribution is 5.21. The molecule has 1 atom stereocenters. The third-order valence-corrected chi connectivity index (χ3v) is 3.17. The van der Waals surface area contributed by atoms with Crippen LogP contribution in [0, 0.1) is 11.6 Å². The molecule has 3 nitrogen and oxygen atoms in total. The fourth-order valence-electron chi connectivity index (χ4n) is 2.07. The largest absolute Gasteiger partial charge is 0.387 e. The second kappa shape index (κ2) is 8.29. The Labute approximate surface area is 119 Å². The van der Waals surface area contributed by atoms with Gasteiger partial charge in [0.2, 0.25) is 0 Å². The molecule has 1 aromatic rings. The molecule has 1 rings (SSSR count). The topological polar surface area (TPSA) is 26.7 Å². The van der Waals surface area contributed by atoms with E-state index in [1.165, 1.54) is 12.1 Å². The lowest BCUT2D eigenvalue weighted by Crippen LogP contribution is -2.35. The average molecular weight is 286 g/mol. The van der Waals surface area contributed by atoms with Crippen molar-refractivity contribution in [2.75, 3.05) is 40.3 Å². The van der Waals surface area contributed by atoms with Gasteiger partial charge in [0.1, 0.15) is 0 Å². The van der Waals surface area contributed by atoms with Crippen molar-refractivity contribution in [2.45, 2.75) is 19.4 Å². The lowest BCUT2D eigenvalue weighted by molar-refractivity contribution is 0.105. The predicted octanol–water partition coefficient (Wildman–Crippen LogP) is 2.27. The van der Waals surface area contributed by atoms with E-state index in [1.807, 2.05) is 14.1 Å². The summed E-state index contributed by atoms with van der Waals surface area (Å²) >= 11 is 0. The molecule has 5 heteroatoms. The Balaban J connectivity index is 2.69. The summed E-state index contributed by atoms with van der Waals surface area (Å²) in [6.45, 7) is 4.83. The SMILES string of the molecule is CCCN(CCN(C)C)CC(O)c1cccc(F)c1F. The van der Waals surface area contributed by atoms with Crippen molar-refractivity contribution >= 4 is 0 Å². The molecule has 1 unspecified atom stereocenters. The van der Waals surface area contributed by atoms with Gasteiger partial charge in [-0.2, -0.15) is 0 Å². The molecule has 20 heavy (non-hydrogen) atoms. The molecule has 0 radical (unpaired) electrons. The van der Waals surface area contributed by atoms with E-state index >= 15 is 0 Å². The summed E-state index contributed by atoms with van der Waals surface area (Å²) < 4.78 is 26.8. The van der Waals surface area contributed by atoms with Gasteiger partial charge in [-0.15, -0.1) is 0 Å². The van der Waals surface area contributed by atoms with Crippen molar-refractivity contribution in [1.29, 1.82) is 0 Å². The average Bonchev–Trinajstić information content (AvgIpc) is 2.39. The van der Waals surface area contributed by atoms with Crippen LogP contribution in [-0.4, -0.2) is 55.2 Å². The first-order valence-electron chi connectivity index (χ1n) is 6.94. The molecule has 0 spiro atoms. The molecule has 0 aliphatic carbocycles. The zero-order chi connectivity index (χ0) is 15.1. The van der Waals surface area contributed by atoms with Crippen LogP contribution in [0.4, 0.5) is 8.78 Å². The van der Waals surface area contributed by atoms with Crippen molar-refractivity contribution in [1.82, 2.24) is 9.80 Å². The third-order valence-electron chi connectivity index (χ3n) is 3.17. The Hall–Kier alpha value is -1.04. The van der Waals surface area contributed by atoms with Gasteiger partial charge in [-0.3, -0.25) is 4.90 Å². The highest BCUT2D eigenvalue weighted by Gasteiger charge is 2.18. The van der Waals surface area contributed by atoms with Crippen LogP contribution in [0.3, 0.4) is 0 Å². The van der Waals surface area contributed by atoms with Crippen LogP contribution in [0.2, 0.25) is 0 Å². The van der Waals surface area contributed by atoms with Gasteiger partial charge in [0.05, 0.1) is 6.10 Å². The van der Waals surface area contributed by atoms with Crippen molar-refractivity contribution in [2.24, 2.45) is 0 Å². The molecule has 0 heterocycles. The zero-order valence-corrected chi connectivity index (χ0v) is 12.4. The van der Waals surface area contributed by atoms with Crippen molar-refractivity contribution < 1.29 is 13.9 Å². The number of halogens is 2. The highest BCUT2D eigenvalue weighted by atomic mass is 19.2. The van der Waals surface area contributed by atoms with Crippen LogP contribution in [-0.2, 0) is 0 Å². The van der Waals surface area contributed by atoms with Gasteiger partial charge >= 0.3 is 0 Å². The molecular weight excluding hydrogens is 262 g/mol. The number of aliphatic hydroxyl groups is 1. The summed E-state index contributed by atoms with van der Waals surface area (Å²) in [5.41, 5.74) is 0.0240. The number of benzene rings is 1. The van der Waals surface area contributed by atoms with E-state index in [9.17, 15) is 13.9 Å². The minimum Gasteiger partial charge on any atom is -0.387 e. The van der Waals surface area contributed by atoms with Crippen molar-refractivity contribution in [3.63, 3.8) is 0 Å². The Bertz CT molecular complexity index is 413. The number of rotatable bonds is 8. The van der Waals surface area contributed by atoms with Gasteiger partial charge in [0.15, 0.2) is 11.6 Å². The monoisotopic (exact) mass is 286 g/mol. The van der Waals surface area contributed by atoms with E-state index in [1.54, 1.807) is 0 Å². The van der Waals surface area contributed by atoms with E-state index < -0.39 is 17.7 Å². The fraction of sp³-hybridized carbons (Fsp3) is 0.600. The second-order valence-electron chi connectivity index (χ2n) is 5.26. The standard InChI is InChI=1S/C15H24F2N2O/c1-4-8-19(10-9-18(2)3)11-14(20)12-6-5-7-13(16)15(12)17/h5-7,14,20H,4,8-11H2,1-3H3. The molecule has 1 aromatic carbocycles. The van der Waals surface area contributed by atoms with Gasteiger partial charge in [0.25, 0.3) is 0 Å². The normalized spacial score (nSPS) is 13.2. The van der Waals surface area contributed by atoms with Crippen LogP contribution < -0.4 is 0 Å². The first kappa shape index (κ1) is 17.0. The van der Waals surface area contributed by atoms with E-state index in [-0.39, 0.29) is 5.56 Å². The number of hydrogen-bond acceptors (Lipinski definition) is 3. The number of likely N-dealkylation sites (N-methyl/N-ethyl adjacent to an activating group) is 1. The summed E-state index contributed by atoms with van der Waals surface area (Å²) in [5.74, 6) is -1.87. The van der Waals surface area contributed by atoms with Crippen LogP contribution >= 0.6 is 0 Å². The molecule has 1 N–H and O–H groups in total. The quantitative estimate of drug-likeness (QED) is 0.794. The summed E-state index contributed by atoms with van der Waals surface area (Å²) in [5, 5.41) is 10.1. The summed E-state index contributed by atoms with van der Waals surface area (Å²) in [6.07, 6.45) is -0.0643. The molecule has 0 aromatic heterocycles. The third kappa shape index (κ3) is 5.15. The maximum atomic E-state index is 13.6. The lowest BCUT2D eigenvalue weighted by atomic mass is 10.1. The molecule has 114 valence electrons. The molecule has 0 amide bonds. The molecule has 0 saturated heterocycles. The Morgan fingerprint density at radius 2 is 1.85 bits per heavy atom. The lowest BCUT2D eigenvalue weighted by Gasteiger charge is -2.26. The van der Waals surface area contributed by atoms with Gasteiger partial charge in [-0.05, 0) is 33.1 Å². The number of aliphatic hydroxyl groups excluding tert-OH is 1. The molecular formula is C15H24F2N2O. The Morgan fingerprint density at radius 1 is 1.15 bits per heavy atom. The summed E-state index contributed by atoms with van der Waals surface area (Å²) in [7, 11) is 3.96. The first-order chi connectivity index (χ1) is 9.45. The summed E-state index contributed by atoms with van der Waals surface area (Å²) in [6, 6.07) is 3.90. The zero-order valence-electron chi connectivity index (χ0n) is 12.4. The number of nitrogens with zero attached hydrogens (tertiary/aromatic N) is 2. The van der Waals surface area contributed by atoms with E-state index in [0.29, 0.717) is 6.54 Å². The van der Waals surface area contributed by atoms with Crippen LogP contribution in [0.1, 0.15) is 25.0 Å². The Morgan fingerprint density at radius 3 is 2.45 bits per heavy atom. The first-order valence-corrected chi connectivity index (χ1v) is 6.94. The maximum absolute atomic E-state index is 13.6. The van der Waals surface area contributed by atoms with Crippen molar-refractivity contribution in [3.05, 3.63) is 35.4 Å². The highest BCUT2D eigenvalue weighted by Crippen LogP contribution is 2.20. The summed E-state index contributed by atoms with van der Waals surface area (Å²) in [4.78, 5) is 4.12. The minimum atomic E-state index is -1.01. The van der Waals surface area contributed by atoms with Crippen LogP contribution in [0.25, 0.3) is 0 Å². The van der Waals surface area contributed by atoms with Gasteiger partial charge in [0, 0.05) is 25.2 Å². The smallest absolute Gasteiger partial charge is 0.164 e. The van der Waals surface area contributed by atoms with Crippen molar-refractivity contribution in [3.8, 4) is 0 Å². The van der Waals surface area contributed by atoms with Gasteiger partial charge in [-0.1, -0.05) is 19.1 Å². The maximum Gasteiger partial charge on any atom is 0.164 e. The molecule has 0 saturated carbocycles. The molecule has 0 aliphatic heterocycles. The van der Waals surface area contributed by atoms with E-state index in [0.717, 1.165) is 32.1 Å². The van der Waals surface area contributed by atoms with E-state index in [4.69, 9.17) is 0 Å². The van der Waals surface area contributed by atoms with Crippen LogP contribution in [0.15, 0.2) is 18.2 Å². The second-order valence-corrected chi connectivity index (χ2v) is 5.26. The van der Waals surface area contributed by atoms with Gasteiger partial charge in [-0.25, -0.2) is 8.78 Å².